The molecule has 2 aliphatic heterocycles. The van der Waals surface area contributed by atoms with Crippen LogP contribution in [-0.2, 0) is 0 Å². The van der Waals surface area contributed by atoms with Gasteiger partial charge < -0.3 is 0 Å². The lowest BCUT2D eigenvalue weighted by atomic mass is 10.6. The number of allylic oxidation sites excluding steroid dienone is 3. The van der Waals surface area contributed by atoms with Crippen LogP contribution in [0.5, 0.6) is 0 Å². The summed E-state index contributed by atoms with van der Waals surface area (Å²) in [5.74, 6) is 0. The molecule has 0 fully saturated rings. The Morgan fingerprint density at radius 2 is 1.46 bits per heavy atom. The van der Waals surface area contributed by atoms with Crippen molar-refractivity contribution < 1.29 is 0 Å². The van der Waals surface area contributed by atoms with Crippen LogP contribution in [-0.4, -0.2) is 0 Å². The first kappa shape index (κ1) is 10.1. The van der Waals surface area contributed by atoms with Gasteiger partial charge in [-0.3, -0.25) is 0 Å². The molecule has 0 bridgehead atoms. The second kappa shape index (κ2) is 4.01. The van der Waals surface area contributed by atoms with E-state index in [1.54, 1.807) is 0 Å². The highest BCUT2D eigenvalue weighted by Crippen LogP contribution is 2.57. The van der Waals surface area contributed by atoms with Crippen LogP contribution in [0.1, 0.15) is 20.8 Å². The highest BCUT2D eigenvalue weighted by molar-refractivity contribution is 8.33. The van der Waals surface area contributed by atoms with Crippen molar-refractivity contribution in [2.45, 2.75) is 20.8 Å². The van der Waals surface area contributed by atoms with Crippen molar-refractivity contribution in [1.29, 1.82) is 0 Å². The molecule has 13 heavy (non-hydrogen) atoms. The lowest BCUT2D eigenvalue weighted by Gasteiger charge is -2.00. The Balaban J connectivity index is 2.14. The number of thioether (sulfide) groups is 4. The average Bonchev–Trinajstić information content (AvgIpc) is 2.61. The molecule has 0 nitrogen and oxygen atoms in total. The minimum atomic E-state index is 1.41. The normalized spacial score (nSPS) is 23.2. The van der Waals surface area contributed by atoms with Crippen molar-refractivity contribution in [3.63, 3.8) is 0 Å². The molecule has 0 N–H and O–H groups in total. The molecule has 0 radical (unpaired) electrons. The summed E-state index contributed by atoms with van der Waals surface area (Å²) in [5.41, 5.74) is 0. The maximum Gasteiger partial charge on any atom is 0.0699 e. The monoisotopic (exact) mass is 246 g/mol. The van der Waals surface area contributed by atoms with Gasteiger partial charge in [0.25, 0.3) is 0 Å². The fraction of sp³-hybridized carbons (Fsp3) is 0.333. The summed E-state index contributed by atoms with van der Waals surface area (Å²) in [5, 5.41) is 2.23. The van der Waals surface area contributed by atoms with E-state index >= 15 is 0 Å². The molecule has 0 amide bonds. The molecule has 2 aliphatic rings. The van der Waals surface area contributed by atoms with Gasteiger partial charge in [-0.2, -0.15) is 0 Å². The molecule has 0 saturated carbocycles. The Morgan fingerprint density at radius 1 is 0.846 bits per heavy atom. The zero-order valence-corrected chi connectivity index (χ0v) is 11.0. The molecule has 2 heterocycles. The fourth-order valence-electron chi connectivity index (χ4n) is 0.947. The minimum absolute atomic E-state index is 1.41. The van der Waals surface area contributed by atoms with Crippen molar-refractivity contribution in [2.75, 3.05) is 0 Å². The van der Waals surface area contributed by atoms with Crippen LogP contribution in [0, 0.1) is 0 Å². The van der Waals surface area contributed by atoms with Crippen LogP contribution in [0.25, 0.3) is 0 Å². The zero-order chi connectivity index (χ0) is 9.42. The molecule has 0 aliphatic carbocycles. The predicted octanol–water partition coefficient (Wildman–Crippen LogP) is 5.19. The molecule has 0 spiro atoms. The van der Waals surface area contributed by atoms with Crippen molar-refractivity contribution in [3.05, 3.63) is 28.6 Å². The van der Waals surface area contributed by atoms with Crippen LogP contribution < -0.4 is 0 Å². The molecule has 0 aromatic rings. The number of hydrogen-bond acceptors (Lipinski definition) is 4. The molecule has 2 rings (SSSR count). The van der Waals surface area contributed by atoms with Crippen molar-refractivity contribution >= 4 is 47.0 Å². The summed E-state index contributed by atoms with van der Waals surface area (Å²) in [6.45, 7) is 6.57. The van der Waals surface area contributed by atoms with Crippen LogP contribution in [0.4, 0.5) is 0 Å². The maximum absolute atomic E-state index is 2.23. The highest BCUT2D eigenvalue weighted by atomic mass is 32.2. The standard InChI is InChI=1S/C9H10S4/c1-5-4-10-8(11-5)9-12-6(2)7(3)13-9/h4H,1-3H3. The molecule has 70 valence electrons. The largest absolute Gasteiger partial charge is 0.0881 e. The number of rotatable bonds is 0. The van der Waals surface area contributed by atoms with E-state index in [0.717, 1.165) is 0 Å². The zero-order valence-electron chi connectivity index (χ0n) is 7.71. The lowest BCUT2D eigenvalue weighted by molar-refractivity contribution is 1.57. The SMILES string of the molecule is CC1=CSC(=C2SC(C)=C(C)S2)S1. The van der Waals surface area contributed by atoms with Crippen molar-refractivity contribution in [1.82, 2.24) is 0 Å². The Morgan fingerprint density at radius 3 is 1.92 bits per heavy atom. The first-order valence-corrected chi connectivity index (χ1v) is 7.28. The summed E-state index contributed by atoms with van der Waals surface area (Å²) >= 11 is 7.61. The van der Waals surface area contributed by atoms with Gasteiger partial charge in [0, 0.05) is 0 Å². The first-order chi connectivity index (χ1) is 6.16. The van der Waals surface area contributed by atoms with Gasteiger partial charge in [-0.15, -0.1) is 0 Å². The highest BCUT2D eigenvalue weighted by Gasteiger charge is 2.21. The molecule has 0 saturated heterocycles. The van der Waals surface area contributed by atoms with E-state index in [-0.39, 0.29) is 0 Å². The van der Waals surface area contributed by atoms with Gasteiger partial charge in [0.05, 0.1) is 8.47 Å². The molecule has 0 aromatic carbocycles. The predicted molar refractivity (Wildman–Crippen MR) is 69.5 cm³/mol. The molecule has 0 atom stereocenters. The second-order valence-corrected chi connectivity index (χ2v) is 7.94. The van der Waals surface area contributed by atoms with E-state index in [9.17, 15) is 0 Å². The molecular weight excluding hydrogens is 236 g/mol. The summed E-state index contributed by atoms with van der Waals surface area (Å²) < 4.78 is 2.93. The summed E-state index contributed by atoms with van der Waals surface area (Å²) in [4.78, 5) is 4.33. The second-order valence-electron chi connectivity index (χ2n) is 2.84. The van der Waals surface area contributed by atoms with Crippen LogP contribution in [0.2, 0.25) is 0 Å². The van der Waals surface area contributed by atoms with Crippen LogP contribution in [0.3, 0.4) is 0 Å². The first-order valence-electron chi connectivity index (χ1n) is 3.95. The van der Waals surface area contributed by atoms with Gasteiger partial charge >= 0.3 is 0 Å². The Bertz CT molecular complexity index is 320. The van der Waals surface area contributed by atoms with Crippen molar-refractivity contribution in [2.24, 2.45) is 0 Å². The van der Waals surface area contributed by atoms with Crippen LogP contribution >= 0.6 is 47.0 Å². The van der Waals surface area contributed by atoms with Gasteiger partial charge in [0.1, 0.15) is 0 Å². The molecular formula is C9H10S4. The van der Waals surface area contributed by atoms with E-state index in [1.165, 1.54) is 23.2 Å². The third-order valence-electron chi connectivity index (χ3n) is 1.74. The maximum atomic E-state index is 2.23. The average molecular weight is 246 g/mol. The van der Waals surface area contributed by atoms with E-state index in [2.05, 4.69) is 26.2 Å². The van der Waals surface area contributed by atoms with E-state index in [4.69, 9.17) is 0 Å². The van der Waals surface area contributed by atoms with Crippen molar-refractivity contribution in [3.8, 4) is 0 Å². The Kier molecular flexibility index (Phi) is 3.13. The van der Waals surface area contributed by atoms with Gasteiger partial charge in [-0.25, -0.2) is 0 Å². The minimum Gasteiger partial charge on any atom is -0.0881 e. The van der Waals surface area contributed by atoms with Gasteiger partial charge in [-0.05, 0) is 40.9 Å². The Labute approximate surface area is 96.1 Å². The third kappa shape index (κ3) is 2.17. The van der Waals surface area contributed by atoms with Gasteiger partial charge in [-0.1, -0.05) is 47.0 Å². The summed E-state index contributed by atoms with van der Waals surface area (Å²) in [6.07, 6.45) is 0. The van der Waals surface area contributed by atoms with Crippen LogP contribution in [0.15, 0.2) is 28.6 Å². The van der Waals surface area contributed by atoms with Gasteiger partial charge in [0.2, 0.25) is 0 Å². The third-order valence-corrected chi connectivity index (χ3v) is 7.30. The number of hydrogen-bond donors (Lipinski definition) is 0. The topological polar surface area (TPSA) is 0 Å². The lowest BCUT2D eigenvalue weighted by Crippen LogP contribution is -1.66. The molecule has 4 heteroatoms. The van der Waals surface area contributed by atoms with Gasteiger partial charge in [0.15, 0.2) is 0 Å². The fourth-order valence-corrected chi connectivity index (χ4v) is 5.98. The van der Waals surface area contributed by atoms with E-state index in [1.807, 2.05) is 47.0 Å². The summed E-state index contributed by atoms with van der Waals surface area (Å²) in [6, 6.07) is 0. The summed E-state index contributed by atoms with van der Waals surface area (Å²) in [7, 11) is 0. The van der Waals surface area contributed by atoms with E-state index in [0.29, 0.717) is 0 Å². The molecule has 0 unspecified atom stereocenters. The smallest absolute Gasteiger partial charge is 0.0699 e. The Hall–Kier alpha value is 0.620. The quantitative estimate of drug-likeness (QED) is 0.577. The van der Waals surface area contributed by atoms with E-state index < -0.39 is 0 Å². The molecule has 0 aromatic heterocycles.